The van der Waals surface area contributed by atoms with E-state index in [1.165, 1.54) is 16.8 Å². The molecule has 1 aliphatic heterocycles. The molecule has 0 amide bonds. The quantitative estimate of drug-likeness (QED) is 0.904. The van der Waals surface area contributed by atoms with Gasteiger partial charge in [-0.25, -0.2) is 0 Å². The highest BCUT2D eigenvalue weighted by Gasteiger charge is 2.16. The van der Waals surface area contributed by atoms with Crippen molar-refractivity contribution >= 4 is 16.5 Å². The standard InChI is InChI=1S/C16H26N2OS/c1-13(2)11-17-12-15-4-5-16(14(3)10-15)18-6-8-20(19)9-7-18/h4-5,10,13,17H,6-9,11-12H2,1-3H3. The van der Waals surface area contributed by atoms with E-state index in [9.17, 15) is 4.21 Å². The fraction of sp³-hybridized carbons (Fsp3) is 0.625. The van der Waals surface area contributed by atoms with Crippen LogP contribution >= 0.6 is 0 Å². The number of rotatable bonds is 5. The number of aryl methyl sites for hydroxylation is 1. The lowest BCUT2D eigenvalue weighted by Gasteiger charge is -2.30. The molecule has 2 rings (SSSR count). The van der Waals surface area contributed by atoms with Crippen molar-refractivity contribution in [1.29, 1.82) is 0 Å². The SMILES string of the molecule is Cc1cc(CNCC(C)C)ccc1N1CCS(=O)CC1. The van der Waals surface area contributed by atoms with E-state index in [4.69, 9.17) is 0 Å². The average molecular weight is 294 g/mol. The topological polar surface area (TPSA) is 32.3 Å². The summed E-state index contributed by atoms with van der Waals surface area (Å²) in [6.45, 7) is 10.4. The number of nitrogens with one attached hydrogen (secondary N) is 1. The molecule has 0 spiro atoms. The smallest absolute Gasteiger partial charge is 0.0411 e. The molecule has 1 N–H and O–H groups in total. The van der Waals surface area contributed by atoms with Crippen LogP contribution in [-0.2, 0) is 17.3 Å². The Morgan fingerprint density at radius 3 is 2.60 bits per heavy atom. The summed E-state index contributed by atoms with van der Waals surface area (Å²) >= 11 is 0. The molecule has 4 heteroatoms. The van der Waals surface area contributed by atoms with Crippen LogP contribution in [0.25, 0.3) is 0 Å². The molecule has 0 bridgehead atoms. The van der Waals surface area contributed by atoms with Gasteiger partial charge < -0.3 is 10.2 Å². The van der Waals surface area contributed by atoms with Gasteiger partial charge in [0.25, 0.3) is 0 Å². The second-order valence-corrected chi connectivity index (χ2v) is 7.68. The minimum atomic E-state index is -0.606. The van der Waals surface area contributed by atoms with Crippen molar-refractivity contribution in [3.63, 3.8) is 0 Å². The fourth-order valence-corrected chi connectivity index (χ4v) is 3.62. The van der Waals surface area contributed by atoms with E-state index in [1.54, 1.807) is 0 Å². The fourth-order valence-electron chi connectivity index (χ4n) is 2.57. The van der Waals surface area contributed by atoms with Crippen molar-refractivity contribution in [2.45, 2.75) is 27.3 Å². The third kappa shape index (κ3) is 4.32. The second kappa shape index (κ2) is 7.23. The molecular weight excluding hydrogens is 268 g/mol. The van der Waals surface area contributed by atoms with Gasteiger partial charge >= 0.3 is 0 Å². The first-order valence-electron chi connectivity index (χ1n) is 7.46. The van der Waals surface area contributed by atoms with Crippen molar-refractivity contribution in [3.8, 4) is 0 Å². The van der Waals surface area contributed by atoms with Crippen LogP contribution in [0.1, 0.15) is 25.0 Å². The molecule has 0 radical (unpaired) electrons. The van der Waals surface area contributed by atoms with E-state index < -0.39 is 10.8 Å². The number of hydrogen-bond acceptors (Lipinski definition) is 3. The molecule has 1 aliphatic rings. The third-order valence-corrected chi connectivity index (χ3v) is 4.94. The van der Waals surface area contributed by atoms with Crippen LogP contribution in [0.15, 0.2) is 18.2 Å². The van der Waals surface area contributed by atoms with Gasteiger partial charge in [0.05, 0.1) is 0 Å². The minimum Gasteiger partial charge on any atom is -0.369 e. The summed E-state index contributed by atoms with van der Waals surface area (Å²) in [6, 6.07) is 6.70. The van der Waals surface area contributed by atoms with Gasteiger partial charge in [0.1, 0.15) is 0 Å². The van der Waals surface area contributed by atoms with E-state index in [0.717, 1.165) is 37.7 Å². The number of nitrogens with zero attached hydrogens (tertiary/aromatic N) is 1. The van der Waals surface area contributed by atoms with Crippen molar-refractivity contribution in [1.82, 2.24) is 5.32 Å². The molecule has 1 aromatic rings. The molecule has 1 saturated heterocycles. The van der Waals surface area contributed by atoms with E-state index in [-0.39, 0.29) is 0 Å². The first kappa shape index (κ1) is 15.5. The Balaban J connectivity index is 1.97. The van der Waals surface area contributed by atoms with Crippen LogP contribution in [0.2, 0.25) is 0 Å². The summed E-state index contributed by atoms with van der Waals surface area (Å²) in [7, 11) is -0.606. The van der Waals surface area contributed by atoms with E-state index in [1.807, 2.05) is 0 Å². The Kier molecular flexibility index (Phi) is 5.61. The Hall–Kier alpha value is -0.870. The molecule has 0 saturated carbocycles. The summed E-state index contributed by atoms with van der Waals surface area (Å²) < 4.78 is 11.4. The van der Waals surface area contributed by atoms with E-state index >= 15 is 0 Å². The first-order chi connectivity index (χ1) is 9.56. The summed E-state index contributed by atoms with van der Waals surface area (Å²) in [5.74, 6) is 2.29. The van der Waals surface area contributed by atoms with Crippen LogP contribution in [0.4, 0.5) is 5.69 Å². The molecule has 20 heavy (non-hydrogen) atoms. The van der Waals surface area contributed by atoms with Crippen LogP contribution in [-0.4, -0.2) is 35.3 Å². The summed E-state index contributed by atoms with van der Waals surface area (Å²) in [6.07, 6.45) is 0. The molecule has 0 atom stereocenters. The molecule has 112 valence electrons. The Labute approximate surface area is 125 Å². The van der Waals surface area contributed by atoms with Crippen LogP contribution in [0.3, 0.4) is 0 Å². The van der Waals surface area contributed by atoms with Crippen LogP contribution in [0, 0.1) is 12.8 Å². The van der Waals surface area contributed by atoms with Crippen LogP contribution < -0.4 is 10.2 Å². The Morgan fingerprint density at radius 2 is 2.00 bits per heavy atom. The van der Waals surface area contributed by atoms with E-state index in [0.29, 0.717) is 5.92 Å². The molecule has 1 fully saturated rings. The van der Waals surface area contributed by atoms with Gasteiger partial charge in [-0.3, -0.25) is 4.21 Å². The maximum absolute atomic E-state index is 11.4. The minimum absolute atomic E-state index is 0.606. The van der Waals surface area contributed by atoms with Crippen molar-refractivity contribution in [3.05, 3.63) is 29.3 Å². The number of hydrogen-bond donors (Lipinski definition) is 1. The third-order valence-electron chi connectivity index (χ3n) is 3.66. The van der Waals surface area contributed by atoms with Gasteiger partial charge in [0.2, 0.25) is 0 Å². The molecule has 1 aromatic carbocycles. The lowest BCUT2D eigenvalue weighted by atomic mass is 10.1. The molecule has 3 nitrogen and oxygen atoms in total. The zero-order valence-electron chi connectivity index (χ0n) is 12.8. The second-order valence-electron chi connectivity index (χ2n) is 5.98. The van der Waals surface area contributed by atoms with Gasteiger partial charge in [-0.15, -0.1) is 0 Å². The zero-order valence-corrected chi connectivity index (χ0v) is 13.6. The average Bonchev–Trinajstić information content (AvgIpc) is 2.40. The maximum atomic E-state index is 11.4. The van der Waals surface area contributed by atoms with Crippen LogP contribution in [0.5, 0.6) is 0 Å². The molecule has 0 aliphatic carbocycles. The van der Waals surface area contributed by atoms with Gasteiger partial charge in [-0.2, -0.15) is 0 Å². The van der Waals surface area contributed by atoms with Gasteiger partial charge in [0.15, 0.2) is 0 Å². The zero-order chi connectivity index (χ0) is 14.5. The summed E-state index contributed by atoms with van der Waals surface area (Å²) in [4.78, 5) is 2.36. The largest absolute Gasteiger partial charge is 0.369 e. The highest BCUT2D eigenvalue weighted by atomic mass is 32.2. The summed E-state index contributed by atoms with van der Waals surface area (Å²) in [5.41, 5.74) is 3.96. The predicted octanol–water partition coefficient (Wildman–Crippen LogP) is 2.31. The molecule has 0 unspecified atom stereocenters. The van der Waals surface area contributed by atoms with Crippen molar-refractivity contribution in [2.75, 3.05) is 36.0 Å². The number of anilines is 1. The Morgan fingerprint density at radius 1 is 1.30 bits per heavy atom. The summed E-state index contributed by atoms with van der Waals surface area (Å²) in [5, 5.41) is 3.48. The number of benzene rings is 1. The van der Waals surface area contributed by atoms with Gasteiger partial charge in [-0.05, 0) is 36.6 Å². The Bertz CT molecular complexity index is 464. The normalized spacial score (nSPS) is 16.9. The van der Waals surface area contributed by atoms with Gasteiger partial charge in [-0.1, -0.05) is 26.0 Å². The highest BCUT2D eigenvalue weighted by molar-refractivity contribution is 7.85. The monoisotopic (exact) mass is 294 g/mol. The van der Waals surface area contributed by atoms with Crippen molar-refractivity contribution < 1.29 is 4.21 Å². The van der Waals surface area contributed by atoms with Crippen molar-refractivity contribution in [2.24, 2.45) is 5.92 Å². The predicted molar refractivity (Wildman–Crippen MR) is 87.8 cm³/mol. The lowest BCUT2D eigenvalue weighted by Crippen LogP contribution is -2.38. The molecular formula is C16H26N2OS. The maximum Gasteiger partial charge on any atom is 0.0411 e. The lowest BCUT2D eigenvalue weighted by molar-refractivity contribution is 0.552. The molecule has 1 heterocycles. The van der Waals surface area contributed by atoms with E-state index in [2.05, 4.69) is 49.2 Å². The van der Waals surface area contributed by atoms with Gasteiger partial charge in [0, 0.05) is 47.6 Å². The molecule has 0 aromatic heterocycles. The first-order valence-corrected chi connectivity index (χ1v) is 8.95. The highest BCUT2D eigenvalue weighted by Crippen LogP contribution is 2.22.